The van der Waals surface area contributed by atoms with Crippen molar-refractivity contribution >= 4 is 9.84 Å². The van der Waals surface area contributed by atoms with Gasteiger partial charge < -0.3 is 4.74 Å². The molecule has 4 rings (SSSR count). The van der Waals surface area contributed by atoms with Crippen molar-refractivity contribution in [2.75, 3.05) is 5.75 Å². The molecule has 0 aliphatic rings. The van der Waals surface area contributed by atoms with Gasteiger partial charge >= 0.3 is 6.36 Å². The van der Waals surface area contributed by atoms with E-state index in [1.165, 1.54) is 71.5 Å². The van der Waals surface area contributed by atoms with Crippen LogP contribution in [0.3, 0.4) is 0 Å². The molecule has 0 amide bonds. The third kappa shape index (κ3) is 4.58. The number of halogens is 3. The Labute approximate surface area is 186 Å². The minimum atomic E-state index is -4.79. The summed E-state index contributed by atoms with van der Waals surface area (Å²) >= 11 is 0. The van der Waals surface area contributed by atoms with Crippen molar-refractivity contribution in [3.63, 3.8) is 0 Å². The molecule has 172 valence electrons. The highest BCUT2D eigenvalue weighted by Gasteiger charge is 2.31. The summed E-state index contributed by atoms with van der Waals surface area (Å²) in [7, 11) is -3.65. The number of benzene rings is 1. The lowest BCUT2D eigenvalue weighted by Crippen LogP contribution is -2.16. The fourth-order valence-corrected chi connectivity index (χ4v) is 4.17. The molecule has 0 radical (unpaired) electrons. The van der Waals surface area contributed by atoms with Crippen molar-refractivity contribution in [1.82, 2.24) is 29.5 Å². The maximum atomic E-state index is 12.7. The van der Waals surface area contributed by atoms with Gasteiger partial charge in [0.25, 0.3) is 0 Å². The number of hydrogen-bond donors (Lipinski definition) is 0. The zero-order chi connectivity index (χ0) is 23.8. The molecule has 9 nitrogen and oxygen atoms in total. The smallest absolute Gasteiger partial charge is 0.406 e. The Bertz CT molecular complexity index is 1380. The van der Waals surface area contributed by atoms with Gasteiger partial charge in [0.1, 0.15) is 23.3 Å². The topological polar surface area (TPSA) is 105 Å². The number of ether oxygens (including phenoxy) is 1. The molecular formula is C20H17F3N6O3S. The first-order valence-electron chi connectivity index (χ1n) is 9.59. The van der Waals surface area contributed by atoms with Crippen molar-refractivity contribution in [2.24, 2.45) is 0 Å². The largest absolute Gasteiger partial charge is 0.573 e. The fourth-order valence-electron chi connectivity index (χ4n) is 3.17. The lowest BCUT2D eigenvalue weighted by atomic mass is 10.1. The van der Waals surface area contributed by atoms with Gasteiger partial charge in [-0.15, -0.1) is 13.2 Å². The summed E-state index contributed by atoms with van der Waals surface area (Å²) in [6.07, 6.45) is -0.557. The molecule has 0 bridgehead atoms. The Morgan fingerprint density at radius 2 is 1.79 bits per heavy atom. The van der Waals surface area contributed by atoms with Crippen molar-refractivity contribution in [1.29, 1.82) is 0 Å². The van der Waals surface area contributed by atoms with Crippen LogP contribution in [0, 0.1) is 6.92 Å². The first kappa shape index (κ1) is 22.5. The standard InChI is InChI=1S/C20H17F3N6O3S/c1-3-33(30,31)17-8-9-18(28-12-24-11-26-28)27-19(17)29-13(2)16(10-25-29)14-4-6-15(7-5-14)32-20(21,22)23/h4-12H,3H2,1-2H3. The van der Waals surface area contributed by atoms with Crippen LogP contribution in [0.2, 0.25) is 0 Å². The Hall–Kier alpha value is -3.74. The molecule has 0 fully saturated rings. The van der Waals surface area contributed by atoms with Gasteiger partial charge in [-0.25, -0.2) is 27.7 Å². The maximum absolute atomic E-state index is 12.7. The zero-order valence-electron chi connectivity index (χ0n) is 17.4. The minimum absolute atomic E-state index is 0.0134. The quantitative estimate of drug-likeness (QED) is 0.418. The molecule has 0 aliphatic carbocycles. The summed E-state index contributed by atoms with van der Waals surface area (Å²) in [6.45, 7) is 3.23. The molecule has 4 aromatic rings. The third-order valence-corrected chi connectivity index (χ3v) is 6.55. The number of sulfone groups is 1. The second-order valence-corrected chi connectivity index (χ2v) is 9.11. The van der Waals surface area contributed by atoms with Gasteiger partial charge in [-0.1, -0.05) is 19.1 Å². The molecule has 0 aliphatic heterocycles. The van der Waals surface area contributed by atoms with E-state index in [0.717, 1.165) is 0 Å². The summed E-state index contributed by atoms with van der Waals surface area (Å²) in [6, 6.07) is 8.24. The first-order chi connectivity index (χ1) is 15.6. The average Bonchev–Trinajstić information content (AvgIpc) is 3.43. The monoisotopic (exact) mass is 478 g/mol. The highest BCUT2D eigenvalue weighted by molar-refractivity contribution is 7.91. The van der Waals surface area contributed by atoms with E-state index in [1.807, 2.05) is 0 Å². The Kier molecular flexibility index (Phi) is 5.66. The van der Waals surface area contributed by atoms with Crippen LogP contribution < -0.4 is 4.74 Å². The molecule has 0 spiro atoms. The first-order valence-corrected chi connectivity index (χ1v) is 11.2. The van der Waals surface area contributed by atoms with E-state index in [0.29, 0.717) is 22.6 Å². The predicted octanol–water partition coefficient (Wildman–Crippen LogP) is 3.52. The summed E-state index contributed by atoms with van der Waals surface area (Å²) in [5.41, 5.74) is 1.69. The van der Waals surface area contributed by atoms with Gasteiger partial charge in [0, 0.05) is 5.56 Å². The summed E-state index contributed by atoms with van der Waals surface area (Å²) in [5, 5.41) is 8.32. The van der Waals surface area contributed by atoms with Crippen LogP contribution >= 0.6 is 0 Å². The Balaban J connectivity index is 1.79. The molecule has 0 unspecified atom stereocenters. The summed E-state index contributed by atoms with van der Waals surface area (Å²) < 4.78 is 69.3. The summed E-state index contributed by atoms with van der Waals surface area (Å²) in [4.78, 5) is 8.31. The molecule has 3 aromatic heterocycles. The molecule has 33 heavy (non-hydrogen) atoms. The lowest BCUT2D eigenvalue weighted by Gasteiger charge is -2.12. The second-order valence-electron chi connectivity index (χ2n) is 6.86. The number of pyridine rings is 1. The van der Waals surface area contributed by atoms with E-state index in [4.69, 9.17) is 0 Å². The molecule has 13 heteroatoms. The van der Waals surface area contributed by atoms with Crippen LogP contribution in [0.25, 0.3) is 22.8 Å². The highest BCUT2D eigenvalue weighted by atomic mass is 32.2. The van der Waals surface area contributed by atoms with E-state index in [1.54, 1.807) is 6.92 Å². The number of hydrogen-bond acceptors (Lipinski definition) is 7. The Morgan fingerprint density at radius 1 is 1.06 bits per heavy atom. The molecule has 3 heterocycles. The van der Waals surface area contributed by atoms with Crippen molar-refractivity contribution in [3.8, 4) is 28.5 Å². The van der Waals surface area contributed by atoms with E-state index in [9.17, 15) is 21.6 Å². The van der Waals surface area contributed by atoms with Gasteiger partial charge in [0.2, 0.25) is 0 Å². The molecule has 0 saturated heterocycles. The van der Waals surface area contributed by atoms with Gasteiger partial charge in [-0.05, 0) is 36.8 Å². The van der Waals surface area contributed by atoms with Crippen molar-refractivity contribution < 1.29 is 26.3 Å². The molecule has 0 saturated carbocycles. The number of aromatic nitrogens is 6. The normalized spacial score (nSPS) is 12.2. The van der Waals surface area contributed by atoms with Crippen molar-refractivity contribution in [2.45, 2.75) is 25.1 Å². The van der Waals surface area contributed by atoms with Crippen LogP contribution in [0.5, 0.6) is 5.75 Å². The van der Waals surface area contributed by atoms with Crippen LogP contribution in [0.1, 0.15) is 12.6 Å². The lowest BCUT2D eigenvalue weighted by molar-refractivity contribution is -0.274. The average molecular weight is 478 g/mol. The van der Waals surface area contributed by atoms with Crippen LogP contribution in [-0.4, -0.2) is 50.1 Å². The number of nitrogens with zero attached hydrogens (tertiary/aromatic N) is 6. The van der Waals surface area contributed by atoms with E-state index < -0.39 is 16.2 Å². The molecule has 1 aromatic carbocycles. The van der Waals surface area contributed by atoms with Crippen LogP contribution in [-0.2, 0) is 9.84 Å². The van der Waals surface area contributed by atoms with Crippen LogP contribution in [0.4, 0.5) is 13.2 Å². The SMILES string of the molecule is CCS(=O)(=O)c1ccc(-n2cncn2)nc1-n1ncc(-c2ccc(OC(F)(F)F)cc2)c1C. The number of rotatable bonds is 6. The van der Waals surface area contributed by atoms with Crippen molar-refractivity contribution in [3.05, 3.63) is 60.9 Å². The van der Waals surface area contributed by atoms with Gasteiger partial charge in [-0.3, -0.25) is 0 Å². The predicted molar refractivity (Wildman–Crippen MR) is 111 cm³/mol. The third-order valence-electron chi connectivity index (χ3n) is 4.80. The molecule has 0 atom stereocenters. The highest BCUT2D eigenvalue weighted by Crippen LogP contribution is 2.30. The number of alkyl halides is 3. The van der Waals surface area contributed by atoms with E-state index in [2.05, 4.69) is 24.9 Å². The van der Waals surface area contributed by atoms with E-state index in [-0.39, 0.29) is 22.2 Å². The Morgan fingerprint density at radius 3 is 2.39 bits per heavy atom. The maximum Gasteiger partial charge on any atom is 0.573 e. The van der Waals surface area contributed by atoms with Gasteiger partial charge in [0.15, 0.2) is 21.5 Å². The van der Waals surface area contributed by atoms with Gasteiger partial charge in [0.05, 0.1) is 17.6 Å². The van der Waals surface area contributed by atoms with Crippen LogP contribution in [0.15, 0.2) is 60.1 Å². The fraction of sp³-hybridized carbons (Fsp3) is 0.200. The van der Waals surface area contributed by atoms with E-state index >= 15 is 0 Å². The zero-order valence-corrected chi connectivity index (χ0v) is 18.2. The minimum Gasteiger partial charge on any atom is -0.406 e. The van der Waals surface area contributed by atoms with Gasteiger partial charge in [-0.2, -0.15) is 10.2 Å². The second kappa shape index (κ2) is 8.31. The molecule has 0 N–H and O–H groups in total. The molecular weight excluding hydrogens is 461 g/mol. The summed E-state index contributed by atoms with van der Waals surface area (Å²) in [5.74, 6) is -0.0823.